The van der Waals surface area contributed by atoms with Gasteiger partial charge in [-0.05, 0) is 68.3 Å². The molecular weight excluding hydrogens is 364 g/mol. The van der Waals surface area contributed by atoms with Crippen LogP contribution in [0.2, 0.25) is 0 Å². The highest BCUT2D eigenvalue weighted by Crippen LogP contribution is 2.22. The van der Waals surface area contributed by atoms with Crippen molar-refractivity contribution in [1.29, 1.82) is 0 Å². The van der Waals surface area contributed by atoms with Crippen molar-refractivity contribution in [3.8, 4) is 5.75 Å². The minimum atomic E-state index is -3.46. The van der Waals surface area contributed by atoms with Gasteiger partial charge in [0.25, 0.3) is 5.91 Å². The number of rotatable bonds is 6. The van der Waals surface area contributed by atoms with E-state index in [1.54, 1.807) is 36.4 Å². The molecule has 1 aliphatic rings. The zero-order valence-electron chi connectivity index (χ0n) is 15.3. The van der Waals surface area contributed by atoms with Gasteiger partial charge < -0.3 is 10.1 Å². The molecule has 27 heavy (non-hydrogen) atoms. The molecular formula is C20H24N2O4S. The first-order valence-electron chi connectivity index (χ1n) is 9.15. The van der Waals surface area contributed by atoms with Crippen LogP contribution >= 0.6 is 0 Å². The molecule has 1 aliphatic heterocycles. The molecule has 3 rings (SSSR count). The second-order valence-electron chi connectivity index (χ2n) is 6.40. The highest BCUT2D eigenvalue weighted by molar-refractivity contribution is 7.89. The smallest absolute Gasteiger partial charge is 0.255 e. The van der Waals surface area contributed by atoms with Crippen LogP contribution in [-0.2, 0) is 10.0 Å². The van der Waals surface area contributed by atoms with E-state index in [4.69, 9.17) is 4.74 Å². The molecule has 0 atom stereocenters. The van der Waals surface area contributed by atoms with Gasteiger partial charge in [-0.15, -0.1) is 0 Å². The van der Waals surface area contributed by atoms with E-state index in [2.05, 4.69) is 5.32 Å². The number of carbonyl (C=O) groups excluding carboxylic acids is 1. The van der Waals surface area contributed by atoms with Crippen molar-refractivity contribution in [2.75, 3.05) is 25.0 Å². The van der Waals surface area contributed by atoms with Crippen molar-refractivity contribution in [2.45, 2.75) is 31.1 Å². The predicted octanol–water partition coefficient (Wildman–Crippen LogP) is 3.51. The summed E-state index contributed by atoms with van der Waals surface area (Å²) < 4.78 is 32.2. The molecule has 144 valence electrons. The van der Waals surface area contributed by atoms with Gasteiger partial charge in [-0.2, -0.15) is 4.31 Å². The lowest BCUT2D eigenvalue weighted by Gasteiger charge is -2.25. The molecule has 1 heterocycles. The maximum absolute atomic E-state index is 12.7. The van der Waals surface area contributed by atoms with Gasteiger partial charge in [0.2, 0.25) is 10.0 Å². The quantitative estimate of drug-likeness (QED) is 0.822. The number of anilines is 1. The molecule has 0 unspecified atom stereocenters. The number of nitrogens with one attached hydrogen (secondary N) is 1. The van der Waals surface area contributed by atoms with Gasteiger partial charge in [0.1, 0.15) is 5.75 Å². The third-order valence-electron chi connectivity index (χ3n) is 4.49. The van der Waals surface area contributed by atoms with Crippen LogP contribution in [0.1, 0.15) is 36.5 Å². The van der Waals surface area contributed by atoms with Gasteiger partial charge in [-0.3, -0.25) is 4.79 Å². The lowest BCUT2D eigenvalue weighted by Crippen LogP contribution is -2.35. The zero-order chi connectivity index (χ0) is 19.3. The average Bonchev–Trinajstić information content (AvgIpc) is 2.70. The van der Waals surface area contributed by atoms with E-state index in [1.807, 2.05) is 6.92 Å². The van der Waals surface area contributed by atoms with E-state index in [1.165, 1.54) is 16.4 Å². The molecule has 1 N–H and O–H groups in total. The van der Waals surface area contributed by atoms with E-state index in [0.29, 0.717) is 36.7 Å². The third-order valence-corrected chi connectivity index (χ3v) is 6.41. The van der Waals surface area contributed by atoms with Gasteiger partial charge in [0.05, 0.1) is 11.5 Å². The van der Waals surface area contributed by atoms with E-state index in [-0.39, 0.29) is 10.8 Å². The van der Waals surface area contributed by atoms with Crippen molar-refractivity contribution in [2.24, 2.45) is 0 Å². The SMILES string of the molecule is CCOc1ccc(C(=O)Nc2ccc(S(=O)(=O)N3CCCCC3)cc2)cc1. The summed E-state index contributed by atoms with van der Waals surface area (Å²) >= 11 is 0. The Kier molecular flexibility index (Phi) is 6.13. The molecule has 7 heteroatoms. The average molecular weight is 388 g/mol. The normalized spacial score (nSPS) is 15.3. The van der Waals surface area contributed by atoms with Crippen molar-refractivity contribution >= 4 is 21.6 Å². The minimum Gasteiger partial charge on any atom is -0.494 e. The first-order chi connectivity index (χ1) is 13.0. The van der Waals surface area contributed by atoms with Crippen molar-refractivity contribution in [3.05, 3.63) is 54.1 Å². The summed E-state index contributed by atoms with van der Waals surface area (Å²) in [5.41, 5.74) is 1.05. The van der Waals surface area contributed by atoms with Crippen LogP contribution in [0.5, 0.6) is 5.75 Å². The topological polar surface area (TPSA) is 75.7 Å². The summed E-state index contributed by atoms with van der Waals surface area (Å²) in [6, 6.07) is 13.2. The summed E-state index contributed by atoms with van der Waals surface area (Å²) in [5.74, 6) is 0.450. The number of sulfonamides is 1. The van der Waals surface area contributed by atoms with E-state index >= 15 is 0 Å². The summed E-state index contributed by atoms with van der Waals surface area (Å²) in [7, 11) is -3.46. The first-order valence-corrected chi connectivity index (χ1v) is 10.6. The Labute approximate surface area is 160 Å². The Bertz CT molecular complexity index is 871. The number of hydrogen-bond acceptors (Lipinski definition) is 4. The number of carbonyl (C=O) groups is 1. The summed E-state index contributed by atoms with van der Waals surface area (Å²) in [6.07, 6.45) is 2.87. The molecule has 0 saturated carbocycles. The molecule has 1 saturated heterocycles. The molecule has 2 aromatic rings. The number of amides is 1. The van der Waals surface area contributed by atoms with Gasteiger partial charge >= 0.3 is 0 Å². The molecule has 6 nitrogen and oxygen atoms in total. The molecule has 0 aliphatic carbocycles. The van der Waals surface area contributed by atoms with Gasteiger partial charge in [0.15, 0.2) is 0 Å². The van der Waals surface area contributed by atoms with Crippen molar-refractivity contribution < 1.29 is 17.9 Å². The highest BCUT2D eigenvalue weighted by atomic mass is 32.2. The van der Waals surface area contributed by atoms with Crippen LogP contribution in [0.3, 0.4) is 0 Å². The van der Waals surface area contributed by atoms with Gasteiger partial charge in [0, 0.05) is 24.3 Å². The fourth-order valence-electron chi connectivity index (χ4n) is 3.04. The largest absolute Gasteiger partial charge is 0.494 e. The molecule has 0 spiro atoms. The molecule has 0 aromatic heterocycles. The van der Waals surface area contributed by atoms with Crippen LogP contribution in [0.25, 0.3) is 0 Å². The van der Waals surface area contributed by atoms with Crippen LogP contribution in [0.15, 0.2) is 53.4 Å². The monoisotopic (exact) mass is 388 g/mol. The number of nitrogens with zero attached hydrogens (tertiary/aromatic N) is 1. The highest BCUT2D eigenvalue weighted by Gasteiger charge is 2.25. The maximum atomic E-state index is 12.7. The Morgan fingerprint density at radius 2 is 1.63 bits per heavy atom. The predicted molar refractivity (Wildman–Crippen MR) is 105 cm³/mol. The van der Waals surface area contributed by atoms with Crippen molar-refractivity contribution in [1.82, 2.24) is 4.31 Å². The Hall–Kier alpha value is -2.38. The summed E-state index contributed by atoms with van der Waals surface area (Å²) in [5, 5.41) is 2.78. The van der Waals surface area contributed by atoms with Crippen molar-refractivity contribution in [3.63, 3.8) is 0 Å². The van der Waals surface area contributed by atoms with Gasteiger partial charge in [-0.25, -0.2) is 8.42 Å². The molecule has 2 aromatic carbocycles. The van der Waals surface area contributed by atoms with Crippen LogP contribution in [0, 0.1) is 0 Å². The Balaban J connectivity index is 1.67. The van der Waals surface area contributed by atoms with Crippen LogP contribution < -0.4 is 10.1 Å². The summed E-state index contributed by atoms with van der Waals surface area (Å²) in [4.78, 5) is 12.6. The Morgan fingerprint density at radius 3 is 2.22 bits per heavy atom. The second-order valence-corrected chi connectivity index (χ2v) is 8.34. The summed E-state index contributed by atoms with van der Waals surface area (Å²) in [6.45, 7) is 3.60. The molecule has 0 radical (unpaired) electrons. The Morgan fingerprint density at radius 1 is 1.00 bits per heavy atom. The maximum Gasteiger partial charge on any atom is 0.255 e. The third kappa shape index (κ3) is 4.67. The standard InChI is InChI=1S/C20H24N2O4S/c1-2-26-18-10-6-16(7-11-18)20(23)21-17-8-12-19(13-9-17)27(24,25)22-14-4-3-5-15-22/h6-13H,2-5,14-15H2,1H3,(H,21,23). The van der Waals surface area contributed by atoms with Crippen LogP contribution in [0.4, 0.5) is 5.69 Å². The number of hydrogen-bond donors (Lipinski definition) is 1. The minimum absolute atomic E-state index is 0.253. The number of ether oxygens (including phenoxy) is 1. The lowest BCUT2D eigenvalue weighted by atomic mass is 10.2. The molecule has 1 fully saturated rings. The fourth-order valence-corrected chi connectivity index (χ4v) is 4.55. The number of piperidine rings is 1. The lowest BCUT2D eigenvalue weighted by molar-refractivity contribution is 0.102. The van der Waals surface area contributed by atoms with E-state index in [9.17, 15) is 13.2 Å². The number of benzene rings is 2. The zero-order valence-corrected chi connectivity index (χ0v) is 16.2. The van der Waals surface area contributed by atoms with E-state index < -0.39 is 10.0 Å². The second kappa shape index (κ2) is 8.54. The fraction of sp³-hybridized carbons (Fsp3) is 0.350. The van der Waals surface area contributed by atoms with Gasteiger partial charge in [-0.1, -0.05) is 6.42 Å². The van der Waals surface area contributed by atoms with Crippen LogP contribution in [-0.4, -0.2) is 38.3 Å². The molecule has 0 bridgehead atoms. The molecule has 1 amide bonds. The van der Waals surface area contributed by atoms with E-state index in [0.717, 1.165) is 19.3 Å². The first kappa shape index (κ1) is 19.4.